The van der Waals surface area contributed by atoms with Crippen molar-refractivity contribution in [2.75, 3.05) is 13.1 Å². The Hall–Kier alpha value is -1.60. The maximum absolute atomic E-state index is 3.42. The van der Waals surface area contributed by atoms with Gasteiger partial charge in [0.2, 0.25) is 0 Å². The summed E-state index contributed by atoms with van der Waals surface area (Å²) in [5.74, 6) is 0.575. The van der Waals surface area contributed by atoms with E-state index in [1.165, 1.54) is 21.9 Å². The van der Waals surface area contributed by atoms with E-state index < -0.39 is 0 Å². The topological polar surface area (TPSA) is 12.0 Å². The van der Waals surface area contributed by atoms with Gasteiger partial charge in [-0.05, 0) is 34.9 Å². The smallest absolute Gasteiger partial charge is 0.0170 e. The molecule has 0 saturated heterocycles. The second-order valence-electron chi connectivity index (χ2n) is 5.26. The number of benzene rings is 2. The van der Waals surface area contributed by atoms with Crippen LogP contribution in [0.5, 0.6) is 0 Å². The van der Waals surface area contributed by atoms with Gasteiger partial charge in [-0.15, -0.1) is 0 Å². The Bertz CT molecular complexity index is 567. The minimum atomic E-state index is 0.575. The molecule has 0 aromatic heterocycles. The highest BCUT2D eigenvalue weighted by molar-refractivity contribution is 5.84. The van der Waals surface area contributed by atoms with Crippen LogP contribution in [0.1, 0.15) is 26.3 Å². The van der Waals surface area contributed by atoms with Gasteiger partial charge in [-0.1, -0.05) is 68.8 Å². The van der Waals surface area contributed by atoms with Gasteiger partial charge in [-0.2, -0.15) is 0 Å². The van der Waals surface area contributed by atoms with Crippen molar-refractivity contribution in [2.45, 2.75) is 20.8 Å². The first kappa shape index (κ1) is 13.8. The van der Waals surface area contributed by atoms with E-state index in [1.54, 1.807) is 0 Å². The SMILES string of the molecule is CCNCC(=Cc1ccc2ccccc2c1)C(C)C. The molecule has 0 heterocycles. The summed E-state index contributed by atoms with van der Waals surface area (Å²) in [7, 11) is 0. The van der Waals surface area contributed by atoms with Crippen LogP contribution in [0.15, 0.2) is 48.0 Å². The fourth-order valence-electron chi connectivity index (χ4n) is 2.20. The maximum Gasteiger partial charge on any atom is 0.0170 e. The lowest BCUT2D eigenvalue weighted by molar-refractivity contribution is 0.682. The Labute approximate surface area is 116 Å². The van der Waals surface area contributed by atoms with Crippen molar-refractivity contribution in [3.8, 4) is 0 Å². The van der Waals surface area contributed by atoms with E-state index >= 15 is 0 Å². The third-order valence-electron chi connectivity index (χ3n) is 3.45. The summed E-state index contributed by atoms with van der Waals surface area (Å²) in [5.41, 5.74) is 2.75. The van der Waals surface area contributed by atoms with Crippen LogP contribution < -0.4 is 5.32 Å². The molecular formula is C18H23N. The van der Waals surface area contributed by atoms with E-state index in [9.17, 15) is 0 Å². The minimum absolute atomic E-state index is 0.575. The van der Waals surface area contributed by atoms with Gasteiger partial charge in [0.05, 0.1) is 0 Å². The van der Waals surface area contributed by atoms with Crippen LogP contribution in [0.4, 0.5) is 0 Å². The average molecular weight is 253 g/mol. The van der Waals surface area contributed by atoms with Crippen LogP contribution in [0.25, 0.3) is 16.8 Å². The van der Waals surface area contributed by atoms with Gasteiger partial charge in [0, 0.05) is 6.54 Å². The van der Waals surface area contributed by atoms with E-state index in [0.717, 1.165) is 13.1 Å². The average Bonchev–Trinajstić information content (AvgIpc) is 2.43. The molecule has 0 fully saturated rings. The third kappa shape index (κ3) is 3.68. The summed E-state index contributed by atoms with van der Waals surface area (Å²) in [6.07, 6.45) is 2.32. The highest BCUT2D eigenvalue weighted by Crippen LogP contribution is 2.19. The summed E-state index contributed by atoms with van der Waals surface area (Å²) in [6, 6.07) is 15.2. The Morgan fingerprint density at radius 3 is 2.53 bits per heavy atom. The lowest BCUT2D eigenvalue weighted by atomic mass is 9.99. The molecule has 0 atom stereocenters. The molecule has 0 bridgehead atoms. The third-order valence-corrected chi connectivity index (χ3v) is 3.45. The molecule has 0 amide bonds. The lowest BCUT2D eigenvalue weighted by Gasteiger charge is -2.12. The summed E-state index contributed by atoms with van der Waals surface area (Å²) >= 11 is 0. The molecule has 0 spiro atoms. The van der Waals surface area contributed by atoms with Gasteiger partial charge in [0.25, 0.3) is 0 Å². The fraction of sp³-hybridized carbons (Fsp3) is 0.333. The highest BCUT2D eigenvalue weighted by Gasteiger charge is 2.03. The van der Waals surface area contributed by atoms with Gasteiger partial charge in [0.1, 0.15) is 0 Å². The Balaban J connectivity index is 2.31. The quantitative estimate of drug-likeness (QED) is 0.828. The molecule has 1 N–H and O–H groups in total. The largest absolute Gasteiger partial charge is 0.313 e. The van der Waals surface area contributed by atoms with Gasteiger partial charge in [-0.3, -0.25) is 0 Å². The highest BCUT2D eigenvalue weighted by atomic mass is 14.8. The molecule has 2 rings (SSSR count). The molecular weight excluding hydrogens is 230 g/mol. The number of hydrogen-bond acceptors (Lipinski definition) is 1. The number of fused-ring (bicyclic) bond motifs is 1. The van der Waals surface area contributed by atoms with Gasteiger partial charge in [-0.25, -0.2) is 0 Å². The molecule has 0 aliphatic heterocycles. The monoisotopic (exact) mass is 253 g/mol. The normalized spacial score (nSPS) is 12.3. The standard InChI is InChI=1S/C18H23N/c1-4-19-13-18(14(2)3)12-15-9-10-16-7-5-6-8-17(16)11-15/h5-12,14,19H,4,13H2,1-3H3. The van der Waals surface area contributed by atoms with Crippen LogP contribution in [-0.4, -0.2) is 13.1 Å². The number of rotatable bonds is 5. The fourth-order valence-corrected chi connectivity index (χ4v) is 2.20. The summed E-state index contributed by atoms with van der Waals surface area (Å²) in [4.78, 5) is 0. The number of likely N-dealkylation sites (N-methyl/N-ethyl adjacent to an activating group) is 1. The number of hydrogen-bond donors (Lipinski definition) is 1. The minimum Gasteiger partial charge on any atom is -0.313 e. The first-order valence-electron chi connectivity index (χ1n) is 7.10. The Morgan fingerprint density at radius 2 is 1.84 bits per heavy atom. The molecule has 0 saturated carbocycles. The summed E-state index contributed by atoms with van der Waals surface area (Å²) in [6.45, 7) is 8.64. The first-order chi connectivity index (χ1) is 9.20. The molecule has 1 nitrogen and oxygen atoms in total. The summed E-state index contributed by atoms with van der Waals surface area (Å²) < 4.78 is 0. The predicted octanol–water partition coefficient (Wildman–Crippen LogP) is 4.49. The van der Waals surface area contributed by atoms with E-state index in [4.69, 9.17) is 0 Å². The van der Waals surface area contributed by atoms with Gasteiger partial charge < -0.3 is 5.32 Å². The predicted molar refractivity (Wildman–Crippen MR) is 85.3 cm³/mol. The zero-order valence-electron chi connectivity index (χ0n) is 12.1. The van der Waals surface area contributed by atoms with Gasteiger partial charge >= 0.3 is 0 Å². The van der Waals surface area contributed by atoms with Crippen LogP contribution in [0.3, 0.4) is 0 Å². The Morgan fingerprint density at radius 1 is 1.11 bits per heavy atom. The second-order valence-corrected chi connectivity index (χ2v) is 5.26. The molecule has 0 unspecified atom stereocenters. The van der Waals surface area contributed by atoms with Crippen molar-refractivity contribution >= 4 is 16.8 Å². The molecule has 2 aromatic carbocycles. The molecule has 19 heavy (non-hydrogen) atoms. The van der Waals surface area contributed by atoms with Crippen LogP contribution in [-0.2, 0) is 0 Å². The van der Waals surface area contributed by atoms with Crippen molar-refractivity contribution in [1.29, 1.82) is 0 Å². The molecule has 1 heteroatoms. The molecule has 100 valence electrons. The van der Waals surface area contributed by atoms with Crippen LogP contribution >= 0.6 is 0 Å². The second kappa shape index (κ2) is 6.53. The molecule has 0 aliphatic carbocycles. The summed E-state index contributed by atoms with van der Waals surface area (Å²) in [5, 5.41) is 6.03. The van der Waals surface area contributed by atoms with Crippen LogP contribution in [0.2, 0.25) is 0 Å². The van der Waals surface area contributed by atoms with Crippen molar-refractivity contribution in [2.24, 2.45) is 5.92 Å². The lowest BCUT2D eigenvalue weighted by Crippen LogP contribution is -2.18. The van der Waals surface area contributed by atoms with E-state index in [-0.39, 0.29) is 0 Å². The zero-order valence-corrected chi connectivity index (χ0v) is 12.1. The Kier molecular flexibility index (Phi) is 4.75. The van der Waals surface area contributed by atoms with E-state index in [2.05, 4.69) is 74.6 Å². The van der Waals surface area contributed by atoms with Crippen LogP contribution in [0, 0.1) is 5.92 Å². The first-order valence-corrected chi connectivity index (χ1v) is 7.10. The van der Waals surface area contributed by atoms with E-state index in [1.807, 2.05) is 0 Å². The maximum atomic E-state index is 3.42. The van der Waals surface area contributed by atoms with Crippen molar-refractivity contribution in [3.05, 3.63) is 53.6 Å². The molecule has 0 aliphatic rings. The van der Waals surface area contributed by atoms with Crippen molar-refractivity contribution < 1.29 is 0 Å². The molecule has 2 aromatic rings. The molecule has 0 radical (unpaired) electrons. The van der Waals surface area contributed by atoms with Crippen molar-refractivity contribution in [1.82, 2.24) is 5.32 Å². The van der Waals surface area contributed by atoms with Crippen molar-refractivity contribution in [3.63, 3.8) is 0 Å². The van der Waals surface area contributed by atoms with E-state index in [0.29, 0.717) is 5.92 Å². The zero-order chi connectivity index (χ0) is 13.7. The number of nitrogens with one attached hydrogen (secondary N) is 1. The van der Waals surface area contributed by atoms with Gasteiger partial charge in [0.15, 0.2) is 0 Å².